The zero-order valence-corrected chi connectivity index (χ0v) is 15.0. The summed E-state index contributed by atoms with van der Waals surface area (Å²) in [5.74, 6) is 0.657. The van der Waals surface area contributed by atoms with E-state index in [9.17, 15) is 4.79 Å². The minimum Gasteiger partial charge on any atom is -0.365 e. The van der Waals surface area contributed by atoms with Gasteiger partial charge in [0.2, 0.25) is 0 Å². The molecule has 3 N–H and O–H groups in total. The number of amides is 1. The summed E-state index contributed by atoms with van der Waals surface area (Å²) in [4.78, 5) is 18.9. The number of carbonyl (C=O) groups excluding carboxylic acids is 1. The van der Waals surface area contributed by atoms with Crippen molar-refractivity contribution in [1.82, 2.24) is 24.6 Å². The van der Waals surface area contributed by atoms with Crippen molar-refractivity contribution >= 4 is 16.9 Å². The third-order valence-electron chi connectivity index (χ3n) is 5.38. The van der Waals surface area contributed by atoms with E-state index in [0.717, 1.165) is 54.9 Å². The van der Waals surface area contributed by atoms with Crippen LogP contribution in [0.2, 0.25) is 0 Å². The predicted octanol–water partition coefficient (Wildman–Crippen LogP) is 2.17. The second-order valence-corrected chi connectivity index (χ2v) is 6.93. The van der Waals surface area contributed by atoms with Crippen LogP contribution in [0.3, 0.4) is 0 Å². The normalized spacial score (nSPS) is 18.4. The molecule has 1 saturated heterocycles. The number of aryl methyl sites for hydroxylation is 1. The number of primary amides is 1. The van der Waals surface area contributed by atoms with Gasteiger partial charge in [0.15, 0.2) is 0 Å². The number of para-hydroxylation sites is 2. The van der Waals surface area contributed by atoms with Crippen LogP contribution < -0.4 is 5.73 Å². The fraction of sp³-hybridized carbons (Fsp3) is 0.421. The van der Waals surface area contributed by atoms with Gasteiger partial charge in [-0.05, 0) is 31.5 Å². The molecular formula is C19H24N6O. The van der Waals surface area contributed by atoms with Gasteiger partial charge in [0.05, 0.1) is 34.5 Å². The number of aromatic nitrogens is 4. The van der Waals surface area contributed by atoms with E-state index in [0.29, 0.717) is 5.56 Å². The van der Waals surface area contributed by atoms with E-state index in [4.69, 9.17) is 10.7 Å². The highest BCUT2D eigenvalue weighted by atomic mass is 16.1. The molecule has 1 aromatic carbocycles. The van der Waals surface area contributed by atoms with Crippen molar-refractivity contribution in [3.8, 4) is 0 Å². The number of nitrogens with zero attached hydrogens (tertiary/aromatic N) is 4. The van der Waals surface area contributed by atoms with Crippen molar-refractivity contribution in [2.45, 2.75) is 31.7 Å². The lowest BCUT2D eigenvalue weighted by Crippen LogP contribution is -2.36. The second kappa shape index (κ2) is 6.92. The Bertz CT molecular complexity index is 927. The number of nitrogens with one attached hydrogen (secondary N) is 1. The number of nitrogens with two attached hydrogens (primary N) is 1. The molecule has 3 aromatic rings. The van der Waals surface area contributed by atoms with Gasteiger partial charge in [-0.3, -0.25) is 14.8 Å². The second-order valence-electron chi connectivity index (χ2n) is 6.93. The van der Waals surface area contributed by atoms with Gasteiger partial charge in [-0.25, -0.2) is 4.98 Å². The first-order chi connectivity index (χ1) is 12.6. The van der Waals surface area contributed by atoms with Crippen molar-refractivity contribution in [2.75, 3.05) is 13.1 Å². The molecule has 0 aliphatic carbocycles. The molecule has 1 atom stereocenters. The lowest BCUT2D eigenvalue weighted by atomic mass is 9.96. The summed E-state index contributed by atoms with van der Waals surface area (Å²) in [7, 11) is 2.07. The Hall–Kier alpha value is -2.67. The van der Waals surface area contributed by atoms with Gasteiger partial charge in [-0.15, -0.1) is 0 Å². The molecule has 0 spiro atoms. The van der Waals surface area contributed by atoms with Gasteiger partial charge in [0.1, 0.15) is 5.82 Å². The molecule has 1 amide bonds. The molecular weight excluding hydrogens is 328 g/mol. The van der Waals surface area contributed by atoms with E-state index < -0.39 is 5.91 Å². The summed E-state index contributed by atoms with van der Waals surface area (Å²) in [6.45, 7) is 1.89. The van der Waals surface area contributed by atoms with Crippen LogP contribution in [0.5, 0.6) is 0 Å². The van der Waals surface area contributed by atoms with Gasteiger partial charge in [-0.1, -0.05) is 18.6 Å². The summed E-state index contributed by atoms with van der Waals surface area (Å²) >= 11 is 0. The third-order valence-corrected chi connectivity index (χ3v) is 5.38. The first-order valence-corrected chi connectivity index (χ1v) is 9.12. The Labute approximate surface area is 152 Å². The third kappa shape index (κ3) is 2.99. The van der Waals surface area contributed by atoms with Crippen molar-refractivity contribution in [3.05, 3.63) is 47.5 Å². The monoisotopic (exact) mass is 352 g/mol. The van der Waals surface area contributed by atoms with E-state index in [2.05, 4.69) is 32.8 Å². The molecule has 26 heavy (non-hydrogen) atoms. The topological polar surface area (TPSA) is 92.8 Å². The average Bonchev–Trinajstić information content (AvgIpc) is 3.26. The number of piperidine rings is 1. The van der Waals surface area contributed by atoms with Gasteiger partial charge >= 0.3 is 0 Å². The van der Waals surface area contributed by atoms with Crippen LogP contribution in [0.1, 0.15) is 47.2 Å². The number of carbonyl (C=O) groups is 1. The fourth-order valence-electron chi connectivity index (χ4n) is 3.99. The molecule has 1 fully saturated rings. The highest BCUT2D eigenvalue weighted by Gasteiger charge is 2.28. The summed E-state index contributed by atoms with van der Waals surface area (Å²) in [5, 5.41) is 7.05. The van der Waals surface area contributed by atoms with Crippen molar-refractivity contribution in [2.24, 2.45) is 12.8 Å². The smallest absolute Gasteiger partial charge is 0.252 e. The number of aromatic amines is 1. The first-order valence-electron chi connectivity index (χ1n) is 9.12. The van der Waals surface area contributed by atoms with Crippen LogP contribution in [0, 0.1) is 0 Å². The van der Waals surface area contributed by atoms with Crippen molar-refractivity contribution < 1.29 is 4.79 Å². The van der Waals surface area contributed by atoms with Gasteiger partial charge in [0, 0.05) is 20.0 Å². The minimum atomic E-state index is -0.422. The summed E-state index contributed by atoms with van der Waals surface area (Å²) in [5.41, 5.74) is 9.05. The van der Waals surface area contributed by atoms with Crippen LogP contribution in [-0.4, -0.2) is 43.6 Å². The maximum atomic E-state index is 11.7. The van der Waals surface area contributed by atoms with E-state index >= 15 is 0 Å². The molecule has 1 aliphatic rings. The van der Waals surface area contributed by atoms with Gasteiger partial charge in [-0.2, -0.15) is 5.10 Å². The molecule has 1 unspecified atom stereocenters. The summed E-state index contributed by atoms with van der Waals surface area (Å²) in [6.07, 6.45) is 5.71. The molecule has 136 valence electrons. The Morgan fingerprint density at radius 3 is 3.00 bits per heavy atom. The number of rotatable bonds is 5. The van der Waals surface area contributed by atoms with Crippen LogP contribution in [0.25, 0.3) is 11.0 Å². The molecule has 0 bridgehead atoms. The quantitative estimate of drug-likeness (QED) is 0.736. The number of hydrogen-bond acceptors (Lipinski definition) is 4. The standard InChI is InChI=1S/C19H24N6O/c1-24-15-7-3-2-6-14(15)22-17(24)9-11-25-10-5-4-8-16(25)18-13(19(20)26)12-21-23-18/h2-3,6-7,12,16H,4-5,8-11H2,1H3,(H2,20,26)(H,21,23). The van der Waals surface area contributed by atoms with Crippen LogP contribution >= 0.6 is 0 Å². The zero-order valence-electron chi connectivity index (χ0n) is 15.0. The lowest BCUT2D eigenvalue weighted by Gasteiger charge is -2.35. The van der Waals surface area contributed by atoms with Crippen molar-refractivity contribution in [3.63, 3.8) is 0 Å². The number of likely N-dealkylation sites (tertiary alicyclic amines) is 1. The van der Waals surface area contributed by atoms with Gasteiger partial charge < -0.3 is 10.3 Å². The zero-order chi connectivity index (χ0) is 18.1. The summed E-state index contributed by atoms with van der Waals surface area (Å²) in [6, 6.07) is 8.36. The maximum Gasteiger partial charge on any atom is 0.252 e. The number of imidazole rings is 1. The number of fused-ring (bicyclic) bond motifs is 1. The average molecular weight is 352 g/mol. The number of hydrogen-bond donors (Lipinski definition) is 2. The van der Waals surface area contributed by atoms with Crippen molar-refractivity contribution in [1.29, 1.82) is 0 Å². The molecule has 0 radical (unpaired) electrons. The summed E-state index contributed by atoms with van der Waals surface area (Å²) < 4.78 is 2.17. The maximum absolute atomic E-state index is 11.7. The molecule has 0 saturated carbocycles. The van der Waals surface area contributed by atoms with E-state index in [1.54, 1.807) is 0 Å². The molecule has 2 aromatic heterocycles. The highest BCUT2D eigenvalue weighted by Crippen LogP contribution is 2.31. The fourth-order valence-corrected chi connectivity index (χ4v) is 3.99. The molecule has 4 rings (SSSR count). The molecule has 3 heterocycles. The molecule has 7 heteroatoms. The number of H-pyrrole nitrogens is 1. The van der Waals surface area contributed by atoms with Crippen LogP contribution in [-0.2, 0) is 13.5 Å². The van der Waals surface area contributed by atoms with Crippen LogP contribution in [0.4, 0.5) is 0 Å². The Morgan fingerprint density at radius 1 is 1.35 bits per heavy atom. The Kier molecular flexibility index (Phi) is 4.46. The minimum absolute atomic E-state index is 0.156. The largest absolute Gasteiger partial charge is 0.365 e. The van der Waals surface area contributed by atoms with E-state index in [1.165, 1.54) is 12.6 Å². The predicted molar refractivity (Wildman–Crippen MR) is 99.7 cm³/mol. The van der Waals surface area contributed by atoms with E-state index in [-0.39, 0.29) is 6.04 Å². The Balaban J connectivity index is 1.54. The molecule has 7 nitrogen and oxygen atoms in total. The Morgan fingerprint density at radius 2 is 2.19 bits per heavy atom. The van der Waals surface area contributed by atoms with Crippen LogP contribution in [0.15, 0.2) is 30.5 Å². The van der Waals surface area contributed by atoms with E-state index in [1.807, 2.05) is 18.2 Å². The number of benzene rings is 1. The SMILES string of the molecule is Cn1c(CCN2CCCCC2c2[nH]ncc2C(N)=O)nc2ccccc21. The van der Waals surface area contributed by atoms with Gasteiger partial charge in [0.25, 0.3) is 5.91 Å². The highest BCUT2D eigenvalue weighted by molar-refractivity contribution is 5.93. The molecule has 1 aliphatic heterocycles. The first kappa shape index (κ1) is 16.8. The lowest BCUT2D eigenvalue weighted by molar-refractivity contribution is 0.0991.